The summed E-state index contributed by atoms with van der Waals surface area (Å²) in [5.41, 5.74) is 1.69. The van der Waals surface area contributed by atoms with Crippen LogP contribution in [0.5, 0.6) is 0 Å². The molecule has 0 unspecified atom stereocenters. The SMILES string of the molecule is O=C(c1cc(-c2cccc(F)c2)no1)N1CCC[C@H]1c1ncc(Cc2cccc(F)c2)o1. The maximum Gasteiger partial charge on any atom is 0.293 e. The third-order valence-corrected chi connectivity index (χ3v) is 5.48. The summed E-state index contributed by atoms with van der Waals surface area (Å²) in [6.45, 7) is 0.529. The maximum atomic E-state index is 13.5. The molecule has 2 aromatic carbocycles. The number of aromatic nitrogens is 2. The van der Waals surface area contributed by atoms with Gasteiger partial charge in [-0.3, -0.25) is 4.79 Å². The van der Waals surface area contributed by atoms with E-state index in [2.05, 4.69) is 10.1 Å². The van der Waals surface area contributed by atoms with Crippen LogP contribution in [0.15, 0.2) is 69.7 Å². The molecule has 1 atom stereocenters. The fourth-order valence-electron chi connectivity index (χ4n) is 3.97. The van der Waals surface area contributed by atoms with Crippen molar-refractivity contribution in [3.63, 3.8) is 0 Å². The molecule has 5 rings (SSSR count). The van der Waals surface area contributed by atoms with Crippen LogP contribution in [0, 0.1) is 11.6 Å². The van der Waals surface area contributed by atoms with E-state index < -0.39 is 5.82 Å². The van der Waals surface area contributed by atoms with Gasteiger partial charge >= 0.3 is 0 Å². The molecule has 8 heteroatoms. The molecule has 1 aliphatic rings. The molecule has 0 saturated carbocycles. The molecule has 6 nitrogen and oxygen atoms in total. The number of likely N-dealkylation sites (tertiary alicyclic amines) is 1. The van der Waals surface area contributed by atoms with Crippen LogP contribution < -0.4 is 0 Å². The Kier molecular flexibility index (Phi) is 5.26. The van der Waals surface area contributed by atoms with E-state index >= 15 is 0 Å². The highest BCUT2D eigenvalue weighted by Gasteiger charge is 2.35. The summed E-state index contributed by atoms with van der Waals surface area (Å²) < 4.78 is 38.1. The summed E-state index contributed by atoms with van der Waals surface area (Å²) in [4.78, 5) is 19.1. The highest BCUT2D eigenvalue weighted by molar-refractivity contribution is 5.92. The van der Waals surface area contributed by atoms with E-state index in [1.165, 1.54) is 30.3 Å². The van der Waals surface area contributed by atoms with E-state index in [0.717, 1.165) is 12.0 Å². The Morgan fingerprint density at radius 2 is 1.91 bits per heavy atom. The molecule has 0 radical (unpaired) electrons. The van der Waals surface area contributed by atoms with Gasteiger partial charge in [-0.25, -0.2) is 13.8 Å². The summed E-state index contributed by atoms with van der Waals surface area (Å²) in [6, 6.07) is 13.4. The molecule has 1 fully saturated rings. The highest BCUT2D eigenvalue weighted by atomic mass is 19.1. The van der Waals surface area contributed by atoms with Gasteiger partial charge in [0, 0.05) is 24.6 Å². The number of carbonyl (C=O) groups excluding carboxylic acids is 1. The topological polar surface area (TPSA) is 72.4 Å². The van der Waals surface area contributed by atoms with Gasteiger partial charge < -0.3 is 13.8 Å². The summed E-state index contributed by atoms with van der Waals surface area (Å²) in [5, 5.41) is 3.92. The maximum absolute atomic E-state index is 13.5. The lowest BCUT2D eigenvalue weighted by Gasteiger charge is -2.20. The fourth-order valence-corrected chi connectivity index (χ4v) is 3.97. The van der Waals surface area contributed by atoms with E-state index in [1.54, 1.807) is 29.3 Å². The number of benzene rings is 2. The van der Waals surface area contributed by atoms with Crippen LogP contribution in [0.25, 0.3) is 11.3 Å². The van der Waals surface area contributed by atoms with E-state index in [1.807, 2.05) is 6.07 Å². The van der Waals surface area contributed by atoms with Crippen LogP contribution in [0.2, 0.25) is 0 Å². The Hall–Kier alpha value is -3.81. The Morgan fingerprint density at radius 1 is 1.09 bits per heavy atom. The van der Waals surface area contributed by atoms with E-state index in [0.29, 0.717) is 42.3 Å². The van der Waals surface area contributed by atoms with E-state index in [9.17, 15) is 13.6 Å². The molecule has 0 bridgehead atoms. The quantitative estimate of drug-likeness (QED) is 0.432. The lowest BCUT2D eigenvalue weighted by atomic mass is 10.1. The van der Waals surface area contributed by atoms with Gasteiger partial charge in [-0.15, -0.1) is 0 Å². The van der Waals surface area contributed by atoms with Gasteiger partial charge in [-0.2, -0.15) is 0 Å². The summed E-state index contributed by atoms with van der Waals surface area (Å²) in [6.07, 6.45) is 3.52. The number of hydrogen-bond acceptors (Lipinski definition) is 5. The molecular formula is C24H19F2N3O3. The molecule has 1 aliphatic heterocycles. The highest BCUT2D eigenvalue weighted by Crippen LogP contribution is 2.33. The van der Waals surface area contributed by atoms with E-state index in [-0.39, 0.29) is 23.5 Å². The predicted molar refractivity (Wildman–Crippen MR) is 111 cm³/mol. The number of carbonyl (C=O) groups is 1. The Morgan fingerprint density at radius 3 is 2.72 bits per heavy atom. The summed E-state index contributed by atoms with van der Waals surface area (Å²) >= 11 is 0. The van der Waals surface area contributed by atoms with Gasteiger partial charge in [-0.05, 0) is 42.7 Å². The number of amides is 1. The normalized spacial score (nSPS) is 15.9. The van der Waals surface area contributed by atoms with Gasteiger partial charge in [0.25, 0.3) is 5.91 Å². The molecule has 0 spiro atoms. The zero-order chi connectivity index (χ0) is 22.1. The second kappa shape index (κ2) is 8.37. The standard InChI is InChI=1S/C24H19F2N3O3/c25-17-6-1-4-15(10-17)11-19-14-27-23(31-19)21-8-3-9-29(21)24(30)22-13-20(28-32-22)16-5-2-7-18(26)12-16/h1-2,4-7,10,12-14,21H,3,8-9,11H2/t21-/m0/s1. The minimum atomic E-state index is -0.393. The number of oxazole rings is 1. The average molecular weight is 435 g/mol. The smallest absolute Gasteiger partial charge is 0.293 e. The monoisotopic (exact) mass is 435 g/mol. The third kappa shape index (κ3) is 4.03. The average Bonchev–Trinajstić information content (AvgIpc) is 3.53. The molecule has 0 aliphatic carbocycles. The molecule has 162 valence electrons. The predicted octanol–water partition coefficient (Wildman–Crippen LogP) is 5.18. The summed E-state index contributed by atoms with van der Waals surface area (Å²) in [7, 11) is 0. The minimum Gasteiger partial charge on any atom is -0.443 e. The molecule has 1 saturated heterocycles. The van der Waals surface area contributed by atoms with Gasteiger partial charge in [0.05, 0.1) is 6.20 Å². The lowest BCUT2D eigenvalue weighted by Crippen LogP contribution is -2.30. The lowest BCUT2D eigenvalue weighted by molar-refractivity contribution is 0.0672. The van der Waals surface area contributed by atoms with Crippen LogP contribution in [0.3, 0.4) is 0 Å². The number of halogens is 2. The number of hydrogen-bond donors (Lipinski definition) is 0. The van der Waals surface area contributed by atoms with Crippen molar-refractivity contribution in [1.29, 1.82) is 0 Å². The molecule has 4 aromatic rings. The van der Waals surface area contributed by atoms with Crippen molar-refractivity contribution in [1.82, 2.24) is 15.0 Å². The number of nitrogens with zero attached hydrogens (tertiary/aromatic N) is 3. The third-order valence-electron chi connectivity index (χ3n) is 5.48. The largest absolute Gasteiger partial charge is 0.443 e. The Bertz CT molecular complexity index is 1270. The van der Waals surface area contributed by atoms with Gasteiger partial charge in [0.1, 0.15) is 29.1 Å². The van der Waals surface area contributed by atoms with Crippen LogP contribution in [-0.4, -0.2) is 27.5 Å². The molecule has 1 amide bonds. The molecule has 0 N–H and O–H groups in total. The van der Waals surface area contributed by atoms with Crippen LogP contribution in [0.4, 0.5) is 8.78 Å². The first-order valence-corrected chi connectivity index (χ1v) is 10.3. The van der Waals surface area contributed by atoms with Crippen LogP contribution in [0.1, 0.15) is 46.7 Å². The van der Waals surface area contributed by atoms with Gasteiger partial charge in [-0.1, -0.05) is 29.4 Å². The van der Waals surface area contributed by atoms with Crippen molar-refractivity contribution in [2.45, 2.75) is 25.3 Å². The minimum absolute atomic E-state index is 0.0719. The molecular weight excluding hydrogens is 416 g/mol. The second-order valence-corrected chi connectivity index (χ2v) is 7.71. The first kappa shape index (κ1) is 20.1. The zero-order valence-corrected chi connectivity index (χ0v) is 17.0. The van der Waals surface area contributed by atoms with Crippen LogP contribution in [-0.2, 0) is 6.42 Å². The molecule has 3 heterocycles. The first-order valence-electron chi connectivity index (χ1n) is 10.3. The Balaban J connectivity index is 1.33. The van der Waals surface area contributed by atoms with Crippen molar-refractivity contribution in [3.8, 4) is 11.3 Å². The second-order valence-electron chi connectivity index (χ2n) is 7.71. The fraction of sp³-hybridized carbons (Fsp3) is 0.208. The zero-order valence-electron chi connectivity index (χ0n) is 17.0. The van der Waals surface area contributed by atoms with Crippen molar-refractivity contribution in [3.05, 3.63) is 95.4 Å². The van der Waals surface area contributed by atoms with E-state index in [4.69, 9.17) is 8.94 Å². The van der Waals surface area contributed by atoms with Gasteiger partial charge in [0.2, 0.25) is 11.7 Å². The molecule has 2 aromatic heterocycles. The molecule has 32 heavy (non-hydrogen) atoms. The van der Waals surface area contributed by atoms with Gasteiger partial charge in [0.15, 0.2) is 0 Å². The van der Waals surface area contributed by atoms with Crippen molar-refractivity contribution < 1.29 is 22.5 Å². The summed E-state index contributed by atoms with van der Waals surface area (Å²) in [5.74, 6) is 0.0794. The van der Waals surface area contributed by atoms with Crippen molar-refractivity contribution >= 4 is 5.91 Å². The Labute approximate surface area is 182 Å². The van der Waals surface area contributed by atoms with Crippen molar-refractivity contribution in [2.24, 2.45) is 0 Å². The first-order chi connectivity index (χ1) is 15.6. The number of rotatable bonds is 5. The van der Waals surface area contributed by atoms with Crippen LogP contribution >= 0.6 is 0 Å². The van der Waals surface area contributed by atoms with Crippen molar-refractivity contribution in [2.75, 3.05) is 6.54 Å².